The fraction of sp³-hybridized carbons (Fsp3) is 0.571. The molecule has 0 amide bonds. The number of hydrogen-bond acceptors (Lipinski definition) is 3. The van der Waals surface area contributed by atoms with Crippen LogP contribution < -0.4 is 4.72 Å². The van der Waals surface area contributed by atoms with E-state index >= 15 is 0 Å². The molecule has 1 fully saturated rings. The van der Waals surface area contributed by atoms with Crippen LogP contribution in [-0.4, -0.2) is 19.6 Å². The van der Waals surface area contributed by atoms with Crippen LogP contribution in [0.15, 0.2) is 29.2 Å². The van der Waals surface area contributed by atoms with Gasteiger partial charge in [-0.2, -0.15) is 0 Å². The van der Waals surface area contributed by atoms with Crippen LogP contribution in [0.5, 0.6) is 0 Å². The molecule has 19 heavy (non-hydrogen) atoms. The van der Waals surface area contributed by atoms with Gasteiger partial charge in [-0.3, -0.25) is 0 Å². The maximum absolute atomic E-state index is 12.4. The largest absolute Gasteiger partial charge is 0.392 e. The summed E-state index contributed by atoms with van der Waals surface area (Å²) in [6.07, 6.45) is 1.93. The molecule has 1 aromatic rings. The van der Waals surface area contributed by atoms with Gasteiger partial charge < -0.3 is 5.11 Å². The summed E-state index contributed by atoms with van der Waals surface area (Å²) >= 11 is 0. The Labute approximate surface area is 114 Å². The Kier molecular flexibility index (Phi) is 4.28. The topological polar surface area (TPSA) is 66.4 Å². The third-order valence-electron chi connectivity index (χ3n) is 4.20. The van der Waals surface area contributed by atoms with Crippen molar-refractivity contribution in [3.05, 3.63) is 29.8 Å². The first kappa shape index (κ1) is 14.5. The van der Waals surface area contributed by atoms with E-state index in [4.69, 9.17) is 0 Å². The highest BCUT2D eigenvalue weighted by atomic mass is 32.2. The SMILES string of the molecule is CC1CCC(NS(=O)(=O)c2ccccc2CO)C1C. The lowest BCUT2D eigenvalue weighted by Crippen LogP contribution is -2.37. The van der Waals surface area contributed by atoms with Crippen molar-refractivity contribution in [1.82, 2.24) is 4.72 Å². The van der Waals surface area contributed by atoms with Gasteiger partial charge in [0.05, 0.1) is 11.5 Å². The summed E-state index contributed by atoms with van der Waals surface area (Å²) in [6, 6.07) is 6.57. The molecule has 2 rings (SSSR count). The van der Waals surface area contributed by atoms with Crippen LogP contribution in [-0.2, 0) is 16.6 Å². The molecule has 0 spiro atoms. The minimum Gasteiger partial charge on any atom is -0.392 e. The Bertz CT molecular complexity index is 541. The fourth-order valence-electron chi connectivity index (χ4n) is 2.69. The highest BCUT2D eigenvalue weighted by molar-refractivity contribution is 7.89. The van der Waals surface area contributed by atoms with Crippen LogP contribution >= 0.6 is 0 Å². The van der Waals surface area contributed by atoms with Gasteiger partial charge >= 0.3 is 0 Å². The lowest BCUT2D eigenvalue weighted by Gasteiger charge is -2.20. The van der Waals surface area contributed by atoms with Crippen LogP contribution in [0.25, 0.3) is 0 Å². The molecule has 0 aromatic heterocycles. The van der Waals surface area contributed by atoms with E-state index in [1.165, 1.54) is 6.07 Å². The van der Waals surface area contributed by atoms with Gasteiger partial charge in [0.25, 0.3) is 0 Å². The predicted molar refractivity (Wildman–Crippen MR) is 74.0 cm³/mol. The van der Waals surface area contributed by atoms with Crippen molar-refractivity contribution in [1.29, 1.82) is 0 Å². The number of aliphatic hydroxyl groups excluding tert-OH is 1. The number of sulfonamides is 1. The second kappa shape index (κ2) is 5.61. The molecule has 106 valence electrons. The van der Waals surface area contributed by atoms with E-state index < -0.39 is 10.0 Å². The van der Waals surface area contributed by atoms with E-state index in [0.29, 0.717) is 17.4 Å². The summed E-state index contributed by atoms with van der Waals surface area (Å²) in [5.41, 5.74) is 0.439. The molecule has 3 unspecified atom stereocenters. The highest BCUT2D eigenvalue weighted by Gasteiger charge is 2.33. The van der Waals surface area contributed by atoms with Gasteiger partial charge in [-0.1, -0.05) is 32.0 Å². The molecule has 0 radical (unpaired) electrons. The van der Waals surface area contributed by atoms with Crippen LogP contribution in [0, 0.1) is 11.8 Å². The quantitative estimate of drug-likeness (QED) is 0.887. The summed E-state index contributed by atoms with van der Waals surface area (Å²) in [4.78, 5) is 0.184. The maximum Gasteiger partial charge on any atom is 0.241 e. The molecule has 0 aliphatic heterocycles. The normalized spacial score (nSPS) is 27.6. The molecule has 0 bridgehead atoms. The first-order chi connectivity index (χ1) is 8.95. The van der Waals surface area contributed by atoms with E-state index in [1.54, 1.807) is 18.2 Å². The Morgan fingerprint density at radius 1 is 1.26 bits per heavy atom. The summed E-state index contributed by atoms with van der Waals surface area (Å²) in [6.45, 7) is 3.97. The number of hydrogen-bond donors (Lipinski definition) is 2. The molecular formula is C14H21NO3S. The van der Waals surface area contributed by atoms with Crippen molar-refractivity contribution in [3.63, 3.8) is 0 Å². The van der Waals surface area contributed by atoms with Gasteiger partial charge in [0, 0.05) is 6.04 Å². The van der Waals surface area contributed by atoms with Gasteiger partial charge in [-0.05, 0) is 36.3 Å². The zero-order valence-electron chi connectivity index (χ0n) is 11.3. The zero-order chi connectivity index (χ0) is 14.0. The standard InChI is InChI=1S/C14H21NO3S/c1-10-7-8-13(11(10)2)15-19(17,18)14-6-4-3-5-12(14)9-16/h3-6,10-11,13,15-16H,7-9H2,1-2H3. The molecule has 1 aromatic carbocycles. The van der Waals surface area contributed by atoms with E-state index in [1.807, 2.05) is 0 Å². The van der Waals surface area contributed by atoms with Crippen LogP contribution in [0.2, 0.25) is 0 Å². The smallest absolute Gasteiger partial charge is 0.241 e. The zero-order valence-corrected chi connectivity index (χ0v) is 12.2. The Morgan fingerprint density at radius 3 is 2.53 bits per heavy atom. The van der Waals surface area contributed by atoms with E-state index in [9.17, 15) is 13.5 Å². The molecule has 1 aliphatic carbocycles. The van der Waals surface area contributed by atoms with Crippen molar-refractivity contribution in [3.8, 4) is 0 Å². The van der Waals surface area contributed by atoms with E-state index in [2.05, 4.69) is 18.6 Å². The van der Waals surface area contributed by atoms with E-state index in [-0.39, 0.29) is 17.5 Å². The highest BCUT2D eigenvalue weighted by Crippen LogP contribution is 2.32. The second-order valence-electron chi connectivity index (χ2n) is 5.41. The average Bonchev–Trinajstić information content (AvgIpc) is 2.70. The number of aliphatic hydroxyl groups is 1. The molecule has 2 N–H and O–H groups in total. The molecule has 0 saturated heterocycles. The van der Waals surface area contributed by atoms with Gasteiger partial charge in [-0.15, -0.1) is 0 Å². The maximum atomic E-state index is 12.4. The van der Waals surface area contributed by atoms with Crippen molar-refractivity contribution in [2.45, 2.75) is 44.2 Å². The lowest BCUT2D eigenvalue weighted by molar-refractivity contribution is 0.278. The predicted octanol–water partition coefficient (Wildman–Crippen LogP) is 1.89. The van der Waals surface area contributed by atoms with Crippen LogP contribution in [0.4, 0.5) is 0 Å². The fourth-order valence-corrected chi connectivity index (χ4v) is 4.28. The van der Waals surface area contributed by atoms with E-state index in [0.717, 1.165) is 12.8 Å². The number of rotatable bonds is 4. The Morgan fingerprint density at radius 2 is 1.95 bits per heavy atom. The molecule has 1 aliphatic rings. The van der Waals surface area contributed by atoms with Gasteiger partial charge in [0.1, 0.15) is 0 Å². The monoisotopic (exact) mass is 283 g/mol. The lowest BCUT2D eigenvalue weighted by atomic mass is 9.98. The number of nitrogens with one attached hydrogen (secondary N) is 1. The molecule has 3 atom stereocenters. The van der Waals surface area contributed by atoms with Crippen molar-refractivity contribution >= 4 is 10.0 Å². The Balaban J connectivity index is 2.23. The summed E-state index contributed by atoms with van der Waals surface area (Å²) in [7, 11) is -3.55. The molecular weight excluding hydrogens is 262 g/mol. The molecule has 1 saturated carbocycles. The summed E-state index contributed by atoms with van der Waals surface area (Å²) in [5.74, 6) is 0.886. The first-order valence-corrected chi connectivity index (χ1v) is 8.15. The van der Waals surface area contributed by atoms with Gasteiger partial charge in [-0.25, -0.2) is 13.1 Å². The molecule has 0 heterocycles. The van der Waals surface area contributed by atoms with Crippen molar-refractivity contribution < 1.29 is 13.5 Å². The average molecular weight is 283 g/mol. The van der Waals surface area contributed by atoms with Crippen molar-refractivity contribution in [2.75, 3.05) is 0 Å². The van der Waals surface area contributed by atoms with Gasteiger partial charge in [0.15, 0.2) is 0 Å². The van der Waals surface area contributed by atoms with Gasteiger partial charge in [0.2, 0.25) is 10.0 Å². The number of benzene rings is 1. The minimum atomic E-state index is -3.55. The second-order valence-corrected chi connectivity index (χ2v) is 7.09. The van der Waals surface area contributed by atoms with Crippen LogP contribution in [0.3, 0.4) is 0 Å². The van der Waals surface area contributed by atoms with Crippen molar-refractivity contribution in [2.24, 2.45) is 11.8 Å². The molecule has 5 heteroatoms. The minimum absolute atomic E-state index is 0.00764. The first-order valence-electron chi connectivity index (χ1n) is 6.67. The summed E-state index contributed by atoms with van der Waals surface area (Å²) < 4.78 is 27.6. The summed E-state index contributed by atoms with van der Waals surface area (Å²) in [5, 5.41) is 9.24. The molecule has 4 nitrogen and oxygen atoms in total. The third kappa shape index (κ3) is 2.99. The third-order valence-corrected chi connectivity index (χ3v) is 5.79. The Hall–Kier alpha value is -0.910. The van der Waals surface area contributed by atoms with Crippen LogP contribution in [0.1, 0.15) is 32.3 Å².